The van der Waals surface area contributed by atoms with E-state index < -0.39 is 0 Å². The van der Waals surface area contributed by atoms with Gasteiger partial charge in [0.1, 0.15) is 19.5 Å². The van der Waals surface area contributed by atoms with Crippen LogP contribution < -0.4 is 14.4 Å². The van der Waals surface area contributed by atoms with Gasteiger partial charge in [0.25, 0.3) is 0 Å². The third-order valence-electron chi connectivity index (χ3n) is 6.56. The van der Waals surface area contributed by atoms with E-state index in [1.54, 1.807) is 0 Å². The Kier molecular flexibility index (Phi) is 7.57. The fourth-order valence-corrected chi connectivity index (χ4v) is 4.44. The lowest BCUT2D eigenvalue weighted by Crippen LogP contribution is -2.33. The summed E-state index contributed by atoms with van der Waals surface area (Å²) in [5.41, 5.74) is 5.29. The fraction of sp³-hybridized carbons (Fsp3) is 0.226. The first-order valence-corrected chi connectivity index (χ1v) is 12.4. The maximum Gasteiger partial charge on any atom is 0.225 e. The van der Waals surface area contributed by atoms with Crippen molar-refractivity contribution in [3.8, 4) is 22.9 Å². The van der Waals surface area contributed by atoms with Gasteiger partial charge in [-0.05, 0) is 47.7 Å². The minimum Gasteiger partial charge on any atom is -0.473 e. The molecule has 0 atom stereocenters. The van der Waals surface area contributed by atoms with Crippen LogP contribution in [0.1, 0.15) is 24.0 Å². The Bertz CT molecular complexity index is 1250. The summed E-state index contributed by atoms with van der Waals surface area (Å²) in [7, 11) is 0. The highest BCUT2D eigenvalue weighted by molar-refractivity contribution is 5.71. The zero-order chi connectivity index (χ0) is 24.6. The summed E-state index contributed by atoms with van der Waals surface area (Å²) in [6.07, 6.45) is 2.92. The topological polar surface area (TPSA) is 51.7 Å². The van der Waals surface area contributed by atoms with Crippen molar-refractivity contribution in [2.75, 3.05) is 18.0 Å². The SMILES string of the molecule is O=CC1CCN(c2ccc(-c3ccc(OCc4ccccc4)nc3OCc3ccccc3)cc2)CC1. The molecule has 0 N–H and O–H groups in total. The molecule has 2 heterocycles. The summed E-state index contributed by atoms with van der Waals surface area (Å²) in [6, 6.07) is 32.5. The maximum absolute atomic E-state index is 11.1. The second-order valence-corrected chi connectivity index (χ2v) is 9.06. The van der Waals surface area contributed by atoms with Crippen molar-refractivity contribution < 1.29 is 14.3 Å². The van der Waals surface area contributed by atoms with Crippen LogP contribution in [0.5, 0.6) is 11.8 Å². The van der Waals surface area contributed by atoms with Crippen LogP contribution >= 0.6 is 0 Å². The second kappa shape index (κ2) is 11.5. The number of aromatic nitrogens is 1. The maximum atomic E-state index is 11.1. The summed E-state index contributed by atoms with van der Waals surface area (Å²) >= 11 is 0. The molecule has 0 bridgehead atoms. The first-order chi connectivity index (χ1) is 17.8. The zero-order valence-electron chi connectivity index (χ0n) is 20.3. The number of carbonyl (C=O) groups excluding carboxylic acids is 1. The Morgan fingerprint density at radius 3 is 1.97 bits per heavy atom. The number of hydrogen-bond acceptors (Lipinski definition) is 5. The third-order valence-corrected chi connectivity index (χ3v) is 6.56. The smallest absolute Gasteiger partial charge is 0.225 e. The van der Waals surface area contributed by atoms with E-state index in [0.717, 1.165) is 54.5 Å². The predicted molar refractivity (Wildman–Crippen MR) is 142 cm³/mol. The molecule has 0 saturated carbocycles. The van der Waals surface area contributed by atoms with Gasteiger partial charge in [-0.1, -0.05) is 72.8 Å². The third kappa shape index (κ3) is 5.92. The minimum absolute atomic E-state index is 0.193. The molecule has 0 unspecified atom stereocenters. The summed E-state index contributed by atoms with van der Waals surface area (Å²) in [4.78, 5) is 18.1. The van der Waals surface area contributed by atoms with Crippen LogP contribution in [0.3, 0.4) is 0 Å². The van der Waals surface area contributed by atoms with Gasteiger partial charge in [0.2, 0.25) is 11.8 Å². The number of pyridine rings is 1. The number of nitrogens with zero attached hydrogens (tertiary/aromatic N) is 2. The quantitative estimate of drug-likeness (QED) is 0.263. The number of hydrogen-bond donors (Lipinski definition) is 0. The van der Waals surface area contributed by atoms with Crippen LogP contribution in [0.25, 0.3) is 11.1 Å². The van der Waals surface area contributed by atoms with Crippen molar-refractivity contribution in [2.24, 2.45) is 5.92 Å². The molecule has 1 aromatic heterocycles. The molecule has 1 aliphatic rings. The largest absolute Gasteiger partial charge is 0.473 e. The van der Waals surface area contributed by atoms with Gasteiger partial charge in [-0.3, -0.25) is 0 Å². The van der Waals surface area contributed by atoms with E-state index in [1.807, 2.05) is 72.8 Å². The average molecular weight is 479 g/mol. The second-order valence-electron chi connectivity index (χ2n) is 9.06. The van der Waals surface area contributed by atoms with Crippen LogP contribution in [0.4, 0.5) is 5.69 Å². The lowest BCUT2D eigenvalue weighted by Gasteiger charge is -2.31. The van der Waals surface area contributed by atoms with Gasteiger partial charge >= 0.3 is 0 Å². The minimum atomic E-state index is 0.193. The number of benzene rings is 3. The molecule has 36 heavy (non-hydrogen) atoms. The van der Waals surface area contributed by atoms with E-state index in [4.69, 9.17) is 14.5 Å². The Balaban J connectivity index is 1.35. The molecule has 1 saturated heterocycles. The van der Waals surface area contributed by atoms with E-state index in [2.05, 4.69) is 29.2 Å². The summed E-state index contributed by atoms with van der Waals surface area (Å²) in [5.74, 6) is 1.27. The molecule has 182 valence electrons. The average Bonchev–Trinajstić information content (AvgIpc) is 2.96. The van der Waals surface area contributed by atoms with Gasteiger partial charge in [0.05, 0.1) is 0 Å². The number of aldehydes is 1. The number of anilines is 1. The first kappa shape index (κ1) is 23.6. The molecule has 5 heteroatoms. The summed E-state index contributed by atoms with van der Waals surface area (Å²) in [5, 5.41) is 0. The zero-order valence-corrected chi connectivity index (χ0v) is 20.3. The number of piperidine rings is 1. The molecule has 0 radical (unpaired) electrons. The highest BCUT2D eigenvalue weighted by Gasteiger charge is 2.19. The highest BCUT2D eigenvalue weighted by Crippen LogP contribution is 2.33. The molecule has 4 aromatic rings. The Hall–Kier alpha value is -4.12. The van der Waals surface area contributed by atoms with Gasteiger partial charge in [-0.25, -0.2) is 0 Å². The van der Waals surface area contributed by atoms with Gasteiger partial charge in [-0.2, -0.15) is 4.98 Å². The van der Waals surface area contributed by atoms with Crippen molar-refractivity contribution >= 4 is 12.0 Å². The van der Waals surface area contributed by atoms with E-state index in [0.29, 0.717) is 25.0 Å². The van der Waals surface area contributed by atoms with Crippen LogP contribution in [-0.2, 0) is 18.0 Å². The van der Waals surface area contributed by atoms with E-state index in [1.165, 1.54) is 5.69 Å². The normalized spacial score (nSPS) is 13.8. The molecule has 5 nitrogen and oxygen atoms in total. The molecule has 1 aliphatic heterocycles. The number of rotatable bonds is 9. The van der Waals surface area contributed by atoms with Crippen molar-refractivity contribution in [3.05, 3.63) is 108 Å². The molecule has 1 fully saturated rings. The fourth-order valence-electron chi connectivity index (χ4n) is 4.44. The van der Waals surface area contributed by atoms with Gasteiger partial charge in [-0.15, -0.1) is 0 Å². The van der Waals surface area contributed by atoms with Gasteiger partial charge in [0, 0.05) is 36.3 Å². The molecule has 0 amide bonds. The lowest BCUT2D eigenvalue weighted by atomic mass is 9.98. The van der Waals surface area contributed by atoms with Crippen molar-refractivity contribution in [1.82, 2.24) is 4.98 Å². The summed E-state index contributed by atoms with van der Waals surface area (Å²) in [6.45, 7) is 2.68. The van der Waals surface area contributed by atoms with Crippen LogP contribution in [0.2, 0.25) is 0 Å². The standard InChI is InChI=1S/C31H30N2O3/c34-21-24-17-19-33(20-18-24)28-13-11-27(12-14-28)29-15-16-30(35-22-25-7-3-1-4-8-25)32-31(29)36-23-26-9-5-2-6-10-26/h1-16,21,24H,17-20,22-23H2. The lowest BCUT2D eigenvalue weighted by molar-refractivity contribution is -0.111. The monoisotopic (exact) mass is 478 g/mol. The van der Waals surface area contributed by atoms with Crippen LogP contribution in [-0.4, -0.2) is 24.4 Å². The molecular formula is C31H30N2O3. The molecular weight excluding hydrogens is 448 g/mol. The Morgan fingerprint density at radius 2 is 1.36 bits per heavy atom. The number of carbonyl (C=O) groups is 1. The van der Waals surface area contributed by atoms with E-state index in [9.17, 15) is 4.79 Å². The highest BCUT2D eigenvalue weighted by atomic mass is 16.5. The molecule has 0 aliphatic carbocycles. The van der Waals surface area contributed by atoms with Gasteiger partial charge < -0.3 is 19.2 Å². The van der Waals surface area contributed by atoms with Crippen molar-refractivity contribution in [2.45, 2.75) is 26.1 Å². The first-order valence-electron chi connectivity index (χ1n) is 12.4. The predicted octanol–water partition coefficient (Wildman–Crippen LogP) is 6.32. The Labute approximate surface area is 212 Å². The molecule has 0 spiro atoms. The molecule has 5 rings (SSSR count). The van der Waals surface area contributed by atoms with E-state index in [-0.39, 0.29) is 5.92 Å². The van der Waals surface area contributed by atoms with E-state index >= 15 is 0 Å². The molecule has 3 aromatic carbocycles. The Morgan fingerprint density at radius 1 is 0.750 bits per heavy atom. The number of ether oxygens (including phenoxy) is 2. The van der Waals surface area contributed by atoms with Gasteiger partial charge in [0.15, 0.2) is 0 Å². The van der Waals surface area contributed by atoms with Crippen molar-refractivity contribution in [3.63, 3.8) is 0 Å². The van der Waals surface area contributed by atoms with Crippen LogP contribution in [0, 0.1) is 5.92 Å². The van der Waals surface area contributed by atoms with Crippen molar-refractivity contribution in [1.29, 1.82) is 0 Å². The summed E-state index contributed by atoms with van der Waals surface area (Å²) < 4.78 is 12.2. The van der Waals surface area contributed by atoms with Crippen LogP contribution in [0.15, 0.2) is 97.1 Å².